The van der Waals surface area contributed by atoms with E-state index >= 15 is 0 Å². The van der Waals surface area contributed by atoms with Crippen LogP contribution in [0.2, 0.25) is 0 Å². The van der Waals surface area contributed by atoms with E-state index < -0.39 is 85.5 Å². The molecule has 2 aliphatic heterocycles. The number of fused-ring (bicyclic) bond motifs is 1. The summed E-state index contributed by atoms with van der Waals surface area (Å²) in [5, 5.41) is 60.6. The lowest BCUT2D eigenvalue weighted by molar-refractivity contribution is -0.343. The molecule has 2 fully saturated rings. The van der Waals surface area contributed by atoms with Crippen LogP contribution in [0.25, 0.3) is 6.08 Å². The lowest BCUT2D eigenvalue weighted by Crippen LogP contribution is -2.60. The Kier molecular flexibility index (Phi) is 8.91. The molecule has 0 aromatic heterocycles. The zero-order chi connectivity index (χ0) is 28.4. The molecule has 39 heavy (non-hydrogen) atoms. The summed E-state index contributed by atoms with van der Waals surface area (Å²) < 4.78 is 27.2. The van der Waals surface area contributed by atoms with E-state index in [0.717, 1.165) is 19.4 Å². The van der Waals surface area contributed by atoms with Crippen LogP contribution in [0.1, 0.15) is 12.5 Å². The number of carbonyl (C=O) groups excluding carboxylic acids is 2. The average molecular weight is 553 g/mol. The summed E-state index contributed by atoms with van der Waals surface area (Å²) in [6.07, 6.45) is -7.83. The number of rotatable bonds is 7. The van der Waals surface area contributed by atoms with Crippen molar-refractivity contribution in [3.05, 3.63) is 47.7 Å². The van der Waals surface area contributed by atoms with Gasteiger partial charge in [0.1, 0.15) is 36.3 Å². The van der Waals surface area contributed by atoms with Crippen molar-refractivity contribution >= 4 is 18.0 Å². The number of methoxy groups -OCH3 is 1. The average Bonchev–Trinajstić information content (AvgIpc) is 3.18. The van der Waals surface area contributed by atoms with E-state index in [1.54, 1.807) is 19.1 Å². The Bertz CT molecular complexity index is 1080. The van der Waals surface area contributed by atoms with Gasteiger partial charge in [-0.3, -0.25) is 0 Å². The van der Waals surface area contributed by atoms with Crippen LogP contribution in [-0.2, 0) is 33.3 Å². The molecule has 214 valence electrons. The first-order valence-electron chi connectivity index (χ1n) is 12.3. The molecule has 4 rings (SSSR count). The molecule has 2 heterocycles. The van der Waals surface area contributed by atoms with E-state index in [-0.39, 0.29) is 11.3 Å². The number of benzene rings is 1. The highest BCUT2D eigenvalue weighted by molar-refractivity contribution is 5.89. The van der Waals surface area contributed by atoms with Crippen molar-refractivity contribution in [3.63, 3.8) is 0 Å². The second-order valence-corrected chi connectivity index (χ2v) is 9.68. The van der Waals surface area contributed by atoms with Gasteiger partial charge in [-0.1, -0.05) is 19.1 Å². The third-order valence-electron chi connectivity index (χ3n) is 7.34. The summed E-state index contributed by atoms with van der Waals surface area (Å²) >= 11 is 0. The van der Waals surface area contributed by atoms with Gasteiger partial charge in [-0.15, -0.1) is 0 Å². The molecule has 13 heteroatoms. The van der Waals surface area contributed by atoms with Crippen molar-refractivity contribution < 1.29 is 63.9 Å². The minimum absolute atomic E-state index is 0.0197. The molecule has 6 N–H and O–H groups in total. The number of aromatic hydroxyl groups is 1. The number of esters is 2. The van der Waals surface area contributed by atoms with Crippen LogP contribution in [-0.4, -0.2) is 105 Å². The molecular weight excluding hydrogens is 520 g/mol. The van der Waals surface area contributed by atoms with Gasteiger partial charge < -0.3 is 54.3 Å². The van der Waals surface area contributed by atoms with Crippen molar-refractivity contribution in [2.24, 2.45) is 17.8 Å². The molecule has 0 radical (unpaired) electrons. The highest BCUT2D eigenvalue weighted by atomic mass is 16.8. The van der Waals surface area contributed by atoms with Gasteiger partial charge in [-0.25, -0.2) is 9.59 Å². The number of hydrogen-bond acceptors (Lipinski definition) is 13. The largest absolute Gasteiger partial charge is 0.508 e. The molecule has 1 aromatic rings. The van der Waals surface area contributed by atoms with Gasteiger partial charge in [-0.2, -0.15) is 0 Å². The number of phenols is 1. The topological polar surface area (TPSA) is 202 Å². The van der Waals surface area contributed by atoms with Crippen molar-refractivity contribution in [1.29, 1.82) is 0 Å². The third kappa shape index (κ3) is 5.79. The normalized spacial score (nSPS) is 38.0. The minimum atomic E-state index is -1.71. The maximum absolute atomic E-state index is 12.6. The van der Waals surface area contributed by atoms with Crippen LogP contribution in [0.3, 0.4) is 0 Å². The van der Waals surface area contributed by atoms with Gasteiger partial charge in [0.25, 0.3) is 0 Å². The monoisotopic (exact) mass is 552 g/mol. The lowest BCUT2D eigenvalue weighted by atomic mass is 9.82. The maximum Gasteiger partial charge on any atom is 0.337 e. The van der Waals surface area contributed by atoms with E-state index in [1.165, 1.54) is 18.2 Å². The van der Waals surface area contributed by atoms with E-state index in [1.807, 2.05) is 0 Å². The third-order valence-corrected chi connectivity index (χ3v) is 7.34. The molecule has 0 spiro atoms. The fourth-order valence-electron chi connectivity index (χ4n) is 5.24. The SMILES string of the molecule is COC(=O)C1=CO[C@@H](O[C@@H]2O[C@H](CO)[C@@H](O)[C@H](O)[C@H]2O)[C@@H]2[C@@H](C)[C@@H](OC(=O)/C=C/c3ccc(O)cc3)[C@@H](O)[C@H]12. The summed E-state index contributed by atoms with van der Waals surface area (Å²) in [5.41, 5.74) is 0.601. The predicted octanol–water partition coefficient (Wildman–Crippen LogP) is -1.21. The fraction of sp³-hybridized carbons (Fsp3) is 0.538. The van der Waals surface area contributed by atoms with E-state index in [9.17, 15) is 40.2 Å². The van der Waals surface area contributed by atoms with Gasteiger partial charge in [0.15, 0.2) is 6.29 Å². The molecule has 0 unspecified atom stereocenters. The number of aliphatic hydroxyl groups excluding tert-OH is 5. The molecule has 13 nitrogen and oxygen atoms in total. The first-order valence-corrected chi connectivity index (χ1v) is 12.3. The predicted molar refractivity (Wildman–Crippen MR) is 129 cm³/mol. The molecule has 0 amide bonds. The number of ether oxygens (including phenoxy) is 5. The smallest absolute Gasteiger partial charge is 0.337 e. The Morgan fingerprint density at radius 2 is 1.69 bits per heavy atom. The first kappa shape index (κ1) is 29.0. The summed E-state index contributed by atoms with van der Waals surface area (Å²) in [7, 11) is 1.16. The van der Waals surface area contributed by atoms with Crippen molar-refractivity contribution in [2.45, 2.75) is 56.1 Å². The van der Waals surface area contributed by atoms with Crippen LogP contribution in [0, 0.1) is 17.8 Å². The van der Waals surface area contributed by atoms with Gasteiger partial charge >= 0.3 is 11.9 Å². The lowest BCUT2D eigenvalue weighted by Gasteiger charge is -2.43. The molecule has 1 aliphatic carbocycles. The summed E-state index contributed by atoms with van der Waals surface area (Å²) in [5.74, 6) is -3.91. The van der Waals surface area contributed by atoms with E-state index in [2.05, 4.69) is 0 Å². The van der Waals surface area contributed by atoms with Crippen LogP contribution < -0.4 is 0 Å². The quantitative estimate of drug-likeness (QED) is 0.174. The van der Waals surface area contributed by atoms with Gasteiger partial charge in [0.05, 0.1) is 31.7 Å². The van der Waals surface area contributed by atoms with Crippen molar-refractivity contribution in [2.75, 3.05) is 13.7 Å². The molecule has 3 aliphatic rings. The van der Waals surface area contributed by atoms with E-state index in [0.29, 0.717) is 5.56 Å². The van der Waals surface area contributed by atoms with Crippen LogP contribution in [0.4, 0.5) is 0 Å². The number of phenolic OH excluding ortho intramolecular Hbond substituents is 1. The first-order chi connectivity index (χ1) is 18.6. The maximum atomic E-state index is 12.6. The van der Waals surface area contributed by atoms with Crippen LogP contribution in [0.15, 0.2) is 42.2 Å². The molecule has 1 saturated heterocycles. The molecule has 11 atom stereocenters. The highest BCUT2D eigenvalue weighted by Crippen LogP contribution is 2.49. The van der Waals surface area contributed by atoms with Crippen molar-refractivity contribution in [1.82, 2.24) is 0 Å². The van der Waals surface area contributed by atoms with Crippen LogP contribution >= 0.6 is 0 Å². The Labute approximate surface area is 223 Å². The standard InChI is InChI=1S/C26H32O13/c1-11-17-18(20(31)23(11)38-16(29)8-5-12-3-6-13(28)7-4-12)14(24(34)35-2)10-36-25(17)39-26-22(33)21(32)19(30)15(9-27)37-26/h3-8,10-11,15,17-23,25-28,30-33H,9H2,1-2H3/b8-5+/t11-,15-,17-,18-,19-,20+,21+,22-,23-,25+,26+/m1/s1. The molecule has 1 aromatic carbocycles. The molecule has 1 saturated carbocycles. The minimum Gasteiger partial charge on any atom is -0.508 e. The van der Waals surface area contributed by atoms with Crippen LogP contribution in [0.5, 0.6) is 5.75 Å². The summed E-state index contributed by atoms with van der Waals surface area (Å²) in [6.45, 7) is 0.988. The Morgan fingerprint density at radius 3 is 2.33 bits per heavy atom. The van der Waals surface area contributed by atoms with E-state index in [4.69, 9.17) is 23.7 Å². The number of carbonyl (C=O) groups is 2. The van der Waals surface area contributed by atoms with Gasteiger partial charge in [-0.05, 0) is 23.8 Å². The molecule has 0 bridgehead atoms. The van der Waals surface area contributed by atoms with Gasteiger partial charge in [0.2, 0.25) is 6.29 Å². The van der Waals surface area contributed by atoms with Crippen molar-refractivity contribution in [3.8, 4) is 5.75 Å². The Hall–Kier alpha value is -3.04. The van der Waals surface area contributed by atoms with Gasteiger partial charge in [0, 0.05) is 23.8 Å². The Balaban J connectivity index is 1.54. The summed E-state index contributed by atoms with van der Waals surface area (Å²) in [4.78, 5) is 25.1. The zero-order valence-electron chi connectivity index (χ0n) is 21.1. The Morgan fingerprint density at radius 1 is 1.00 bits per heavy atom. The number of aliphatic hydroxyl groups is 5. The number of hydrogen-bond donors (Lipinski definition) is 6. The zero-order valence-corrected chi connectivity index (χ0v) is 21.1. The molecular formula is C26H32O13. The fourth-order valence-corrected chi connectivity index (χ4v) is 5.24. The highest BCUT2D eigenvalue weighted by Gasteiger charge is 2.59. The summed E-state index contributed by atoms with van der Waals surface area (Å²) in [6, 6.07) is 6.09. The second-order valence-electron chi connectivity index (χ2n) is 9.68. The second kappa shape index (κ2) is 12.0.